The first-order valence-electron chi connectivity index (χ1n) is 11.6. The van der Waals surface area contributed by atoms with E-state index in [9.17, 15) is 0 Å². The van der Waals surface area contributed by atoms with E-state index in [1.807, 2.05) is 0 Å². The molecule has 0 amide bonds. The number of aryl methyl sites for hydroxylation is 1. The van der Waals surface area contributed by atoms with Gasteiger partial charge in [0.25, 0.3) is 0 Å². The second kappa shape index (κ2) is 8.08. The van der Waals surface area contributed by atoms with E-state index in [1.54, 1.807) is 11.1 Å². The van der Waals surface area contributed by atoms with Crippen LogP contribution < -0.4 is 10.8 Å². The number of hydrogen-bond donors (Lipinski definition) is 2. The molecule has 0 unspecified atom stereocenters. The minimum Gasteiger partial charge on any atom is -0.317 e. The Morgan fingerprint density at radius 2 is 1.93 bits per heavy atom. The van der Waals surface area contributed by atoms with Crippen LogP contribution in [-0.4, -0.2) is 25.7 Å². The molecule has 2 fully saturated rings. The zero-order valence-electron chi connectivity index (χ0n) is 18.4. The van der Waals surface area contributed by atoms with E-state index in [0.29, 0.717) is 22.9 Å². The third-order valence-electron chi connectivity index (χ3n) is 8.18. The molecule has 0 bridgehead atoms. The van der Waals surface area contributed by atoms with Crippen LogP contribution in [0.1, 0.15) is 88.8 Å². The Balaban J connectivity index is 1.49. The zero-order valence-corrected chi connectivity index (χ0v) is 18.4. The SMILES string of the molecule is CC(C)c1ccc2c(c1)CC[C@H]1[C@](C)(CNOC3CCNCC3)CCC[C@]21C. The standard InChI is InChI=1S/C25H40N2O/c1-18(2)19-6-8-22-20(16-19)7-9-23-24(3,12-5-13-25(22,23)4)17-27-28-21-10-14-26-15-11-21/h6,8,16,18,21,23,26-27H,5,7,9-15,17H2,1-4H3/t23-,24-,25+/m0/s1. The minimum atomic E-state index is 0.312. The maximum absolute atomic E-state index is 6.09. The molecule has 1 saturated carbocycles. The number of hydrogen-bond acceptors (Lipinski definition) is 3. The second-order valence-electron chi connectivity index (χ2n) is 10.5. The van der Waals surface area contributed by atoms with Crippen LogP contribution in [0, 0.1) is 11.3 Å². The highest BCUT2D eigenvalue weighted by molar-refractivity contribution is 5.42. The van der Waals surface area contributed by atoms with E-state index in [0.717, 1.165) is 38.4 Å². The first-order chi connectivity index (χ1) is 13.4. The molecule has 1 aromatic carbocycles. The van der Waals surface area contributed by atoms with Gasteiger partial charge in [0, 0.05) is 6.54 Å². The molecule has 4 rings (SSSR count). The van der Waals surface area contributed by atoms with Crippen molar-refractivity contribution in [2.45, 2.75) is 90.1 Å². The van der Waals surface area contributed by atoms with Gasteiger partial charge in [-0.2, -0.15) is 0 Å². The highest BCUT2D eigenvalue weighted by Crippen LogP contribution is 2.57. The lowest BCUT2D eigenvalue weighted by molar-refractivity contribution is -0.0745. The van der Waals surface area contributed by atoms with Crippen molar-refractivity contribution in [1.82, 2.24) is 10.8 Å². The summed E-state index contributed by atoms with van der Waals surface area (Å²) in [7, 11) is 0. The summed E-state index contributed by atoms with van der Waals surface area (Å²) in [6, 6.07) is 7.37. The molecule has 3 nitrogen and oxygen atoms in total. The molecule has 1 heterocycles. The van der Waals surface area contributed by atoms with Crippen molar-refractivity contribution in [2.24, 2.45) is 11.3 Å². The largest absolute Gasteiger partial charge is 0.317 e. The van der Waals surface area contributed by atoms with Gasteiger partial charge in [-0.1, -0.05) is 52.3 Å². The van der Waals surface area contributed by atoms with E-state index in [4.69, 9.17) is 4.84 Å². The molecule has 3 aliphatic rings. The molecule has 0 radical (unpaired) electrons. The van der Waals surface area contributed by atoms with Gasteiger partial charge in [-0.3, -0.25) is 4.84 Å². The maximum atomic E-state index is 6.09. The van der Waals surface area contributed by atoms with Crippen LogP contribution in [0.2, 0.25) is 0 Å². The number of rotatable bonds is 5. The smallest absolute Gasteiger partial charge is 0.0814 e. The average Bonchev–Trinajstić information content (AvgIpc) is 2.68. The Morgan fingerprint density at radius 1 is 1.14 bits per heavy atom. The minimum absolute atomic E-state index is 0.312. The van der Waals surface area contributed by atoms with Gasteiger partial charge in [0.2, 0.25) is 0 Å². The van der Waals surface area contributed by atoms with Gasteiger partial charge in [-0.05, 0) is 91.0 Å². The second-order valence-corrected chi connectivity index (χ2v) is 10.5. The number of hydroxylamine groups is 1. The summed E-state index contributed by atoms with van der Waals surface area (Å²) in [6.45, 7) is 12.8. The van der Waals surface area contributed by atoms with Gasteiger partial charge in [-0.25, -0.2) is 5.48 Å². The molecule has 1 aliphatic heterocycles. The van der Waals surface area contributed by atoms with Gasteiger partial charge < -0.3 is 5.32 Å². The molecule has 156 valence electrons. The van der Waals surface area contributed by atoms with E-state index >= 15 is 0 Å². The van der Waals surface area contributed by atoms with Gasteiger partial charge in [-0.15, -0.1) is 0 Å². The highest BCUT2D eigenvalue weighted by Gasteiger charge is 2.51. The van der Waals surface area contributed by atoms with Crippen molar-refractivity contribution in [3.05, 3.63) is 34.9 Å². The number of piperidine rings is 1. The summed E-state index contributed by atoms with van der Waals surface area (Å²) >= 11 is 0. The number of benzene rings is 1. The first-order valence-corrected chi connectivity index (χ1v) is 11.6. The number of fused-ring (bicyclic) bond motifs is 3. The van der Waals surface area contributed by atoms with Gasteiger partial charge in [0.05, 0.1) is 6.10 Å². The lowest BCUT2D eigenvalue weighted by atomic mass is 9.50. The monoisotopic (exact) mass is 384 g/mol. The zero-order chi connectivity index (χ0) is 19.8. The summed E-state index contributed by atoms with van der Waals surface area (Å²) in [5.74, 6) is 1.35. The third kappa shape index (κ3) is 3.78. The summed E-state index contributed by atoms with van der Waals surface area (Å²) in [4.78, 5) is 6.09. The summed E-state index contributed by atoms with van der Waals surface area (Å²) in [5.41, 5.74) is 8.81. The van der Waals surface area contributed by atoms with Crippen LogP contribution in [0.5, 0.6) is 0 Å². The first kappa shape index (κ1) is 20.4. The predicted octanol–water partition coefficient (Wildman–Crippen LogP) is 5.09. The van der Waals surface area contributed by atoms with Crippen molar-refractivity contribution in [1.29, 1.82) is 0 Å². The van der Waals surface area contributed by atoms with Gasteiger partial charge in [0.1, 0.15) is 0 Å². The Hall–Kier alpha value is -0.900. The van der Waals surface area contributed by atoms with Crippen LogP contribution in [0.25, 0.3) is 0 Å². The molecule has 0 spiro atoms. The fraction of sp³-hybridized carbons (Fsp3) is 0.760. The van der Waals surface area contributed by atoms with E-state index < -0.39 is 0 Å². The molecule has 2 aliphatic carbocycles. The highest BCUT2D eigenvalue weighted by atomic mass is 16.7. The van der Waals surface area contributed by atoms with Crippen LogP contribution >= 0.6 is 0 Å². The summed E-state index contributed by atoms with van der Waals surface area (Å²) in [5, 5.41) is 3.42. The molecule has 3 atom stereocenters. The topological polar surface area (TPSA) is 33.3 Å². The normalized spacial score (nSPS) is 33.5. The molecule has 1 saturated heterocycles. The fourth-order valence-electron chi connectivity index (χ4n) is 6.45. The van der Waals surface area contributed by atoms with Crippen LogP contribution in [0.4, 0.5) is 0 Å². The van der Waals surface area contributed by atoms with Gasteiger partial charge in [0.15, 0.2) is 0 Å². The lowest BCUT2D eigenvalue weighted by Gasteiger charge is -2.55. The van der Waals surface area contributed by atoms with E-state index in [1.165, 1.54) is 37.7 Å². The third-order valence-corrected chi connectivity index (χ3v) is 8.18. The van der Waals surface area contributed by atoms with Crippen molar-refractivity contribution in [3.63, 3.8) is 0 Å². The molecular weight excluding hydrogens is 344 g/mol. The van der Waals surface area contributed by atoms with E-state index in [2.05, 4.69) is 56.7 Å². The maximum Gasteiger partial charge on any atom is 0.0814 e. The summed E-state index contributed by atoms with van der Waals surface area (Å²) in [6.07, 6.45) is 9.14. The average molecular weight is 385 g/mol. The molecule has 0 aromatic heterocycles. The van der Waals surface area contributed by atoms with Crippen molar-refractivity contribution >= 4 is 0 Å². The van der Waals surface area contributed by atoms with Gasteiger partial charge >= 0.3 is 0 Å². The molecule has 28 heavy (non-hydrogen) atoms. The summed E-state index contributed by atoms with van der Waals surface area (Å²) < 4.78 is 0. The van der Waals surface area contributed by atoms with Crippen LogP contribution in [0.15, 0.2) is 18.2 Å². The van der Waals surface area contributed by atoms with Crippen molar-refractivity contribution < 1.29 is 4.84 Å². The van der Waals surface area contributed by atoms with Crippen LogP contribution in [-0.2, 0) is 16.7 Å². The molecule has 2 N–H and O–H groups in total. The van der Waals surface area contributed by atoms with E-state index in [-0.39, 0.29) is 0 Å². The Kier molecular flexibility index (Phi) is 5.88. The Bertz CT molecular complexity index is 681. The molecule has 3 heteroatoms. The van der Waals surface area contributed by atoms with Crippen molar-refractivity contribution in [3.8, 4) is 0 Å². The Morgan fingerprint density at radius 3 is 2.68 bits per heavy atom. The molecule has 1 aromatic rings. The predicted molar refractivity (Wildman–Crippen MR) is 117 cm³/mol. The number of nitrogens with one attached hydrogen (secondary N) is 2. The fourth-order valence-corrected chi connectivity index (χ4v) is 6.45. The Labute approximate surface area is 172 Å². The molecular formula is C25H40N2O. The van der Waals surface area contributed by atoms with Crippen molar-refractivity contribution in [2.75, 3.05) is 19.6 Å². The van der Waals surface area contributed by atoms with Crippen LogP contribution in [0.3, 0.4) is 0 Å². The quantitative estimate of drug-likeness (QED) is 0.694. The lowest BCUT2D eigenvalue weighted by Crippen LogP contribution is -2.53.